The van der Waals surface area contributed by atoms with Crippen LogP contribution in [0.15, 0.2) is 82.9 Å². The number of phenols is 1. The fourth-order valence-corrected chi connectivity index (χ4v) is 5.93. The van der Waals surface area contributed by atoms with Crippen molar-refractivity contribution >= 4 is 32.5 Å². The second-order valence-electron chi connectivity index (χ2n) is 8.32. The topological polar surface area (TPSA) is 103 Å². The molecule has 12 heteroatoms. The van der Waals surface area contributed by atoms with Crippen LogP contribution in [0, 0.1) is 11.6 Å². The van der Waals surface area contributed by atoms with Crippen LogP contribution in [0.25, 0.3) is 22.2 Å². The number of aromatic hydroxyl groups is 1. The number of hydrogen-bond acceptors (Lipinski definition) is 6. The summed E-state index contributed by atoms with van der Waals surface area (Å²) in [5.74, 6) is -3.27. The van der Waals surface area contributed by atoms with Gasteiger partial charge in [-0.05, 0) is 48.0 Å². The van der Waals surface area contributed by atoms with Gasteiger partial charge in [0.15, 0.2) is 11.6 Å². The van der Waals surface area contributed by atoms with Crippen LogP contribution in [0.1, 0.15) is 19.4 Å². The zero-order chi connectivity index (χ0) is 29.2. The molecule has 0 aliphatic rings. The lowest BCUT2D eigenvalue weighted by Crippen LogP contribution is -2.24. The van der Waals surface area contributed by atoms with Crippen molar-refractivity contribution in [2.75, 3.05) is 7.11 Å². The van der Waals surface area contributed by atoms with Crippen LogP contribution in [0.5, 0.6) is 11.5 Å². The SMILES string of the molecule is CC.COc1ccc(Cn2cncc(-c3cc4cc(Cl)ccc4n3S(=O)(=O)c3cc(F)cc(F)c3O)c2=O)cc1. The second-order valence-corrected chi connectivity index (χ2v) is 10.5. The Balaban J connectivity index is 0.00000181. The number of phenolic OH excluding ortho intramolecular Hbond substituents is 1. The van der Waals surface area contributed by atoms with E-state index in [1.807, 2.05) is 13.8 Å². The molecule has 5 aromatic rings. The quantitative estimate of drug-likeness (QED) is 0.268. The van der Waals surface area contributed by atoms with E-state index >= 15 is 0 Å². The van der Waals surface area contributed by atoms with E-state index in [-0.39, 0.29) is 23.3 Å². The van der Waals surface area contributed by atoms with Gasteiger partial charge in [-0.15, -0.1) is 0 Å². The lowest BCUT2D eigenvalue weighted by atomic mass is 10.2. The number of benzene rings is 3. The third-order valence-corrected chi connectivity index (χ3v) is 7.90. The molecule has 0 aliphatic carbocycles. The van der Waals surface area contributed by atoms with Gasteiger partial charge in [0.1, 0.15) is 16.5 Å². The van der Waals surface area contributed by atoms with E-state index in [1.54, 1.807) is 24.3 Å². The summed E-state index contributed by atoms with van der Waals surface area (Å²) < 4.78 is 62.8. The van der Waals surface area contributed by atoms with E-state index in [2.05, 4.69) is 4.98 Å². The van der Waals surface area contributed by atoms with E-state index < -0.39 is 37.9 Å². The molecule has 0 unspecified atom stereocenters. The average molecular weight is 588 g/mol. The molecule has 0 radical (unpaired) electrons. The van der Waals surface area contributed by atoms with Gasteiger partial charge in [-0.3, -0.25) is 9.36 Å². The van der Waals surface area contributed by atoms with Crippen LogP contribution in [0.3, 0.4) is 0 Å². The minimum absolute atomic E-state index is 0.0680. The van der Waals surface area contributed by atoms with Crippen LogP contribution < -0.4 is 10.3 Å². The molecule has 5 rings (SSSR count). The Bertz CT molecular complexity index is 1870. The summed E-state index contributed by atoms with van der Waals surface area (Å²) in [4.78, 5) is 16.6. The maximum absolute atomic E-state index is 14.1. The lowest BCUT2D eigenvalue weighted by molar-refractivity contribution is 0.411. The normalized spacial score (nSPS) is 11.2. The molecule has 40 heavy (non-hydrogen) atoms. The van der Waals surface area contributed by atoms with Crippen LogP contribution in [0.4, 0.5) is 8.78 Å². The van der Waals surface area contributed by atoms with Crippen molar-refractivity contribution < 1.29 is 27.0 Å². The fourth-order valence-electron chi connectivity index (χ4n) is 4.11. The number of ether oxygens (including phenoxy) is 1. The molecule has 208 valence electrons. The van der Waals surface area contributed by atoms with Crippen molar-refractivity contribution in [1.29, 1.82) is 0 Å². The summed E-state index contributed by atoms with van der Waals surface area (Å²) in [6.07, 6.45) is 2.50. The van der Waals surface area contributed by atoms with Gasteiger partial charge in [0.25, 0.3) is 15.6 Å². The van der Waals surface area contributed by atoms with Crippen LogP contribution in [-0.2, 0) is 16.6 Å². The summed E-state index contributed by atoms with van der Waals surface area (Å²) >= 11 is 6.11. The van der Waals surface area contributed by atoms with Crippen molar-refractivity contribution in [2.45, 2.75) is 25.3 Å². The molecule has 0 amide bonds. The van der Waals surface area contributed by atoms with Crippen molar-refractivity contribution in [1.82, 2.24) is 13.5 Å². The van der Waals surface area contributed by atoms with Crippen molar-refractivity contribution in [3.63, 3.8) is 0 Å². The molecule has 1 N–H and O–H groups in total. The maximum atomic E-state index is 14.1. The molecule has 0 bridgehead atoms. The Morgan fingerprint density at radius 2 is 1.73 bits per heavy atom. The highest BCUT2D eigenvalue weighted by Gasteiger charge is 2.30. The first-order valence-corrected chi connectivity index (χ1v) is 13.8. The maximum Gasteiger partial charge on any atom is 0.272 e. The number of aromatic nitrogens is 3. The first-order valence-electron chi connectivity index (χ1n) is 12.0. The van der Waals surface area contributed by atoms with E-state index in [4.69, 9.17) is 16.3 Å². The number of rotatable bonds is 6. The van der Waals surface area contributed by atoms with E-state index in [0.717, 1.165) is 9.54 Å². The Kier molecular flexibility index (Phi) is 8.26. The second kappa shape index (κ2) is 11.5. The first-order chi connectivity index (χ1) is 19.1. The standard InChI is InChI=1S/C26H18ClF2N3O5S.C2H6/c1-37-19-5-2-15(3-6-19)13-31-14-30-12-20(26(31)34)23-9-16-8-17(27)4-7-22(16)32(23)38(35,36)24-11-18(28)10-21(29)25(24)33;1-2/h2-12,14,33H,13H2,1H3;1-2H3. The summed E-state index contributed by atoms with van der Waals surface area (Å²) in [5, 5.41) is 10.8. The molecule has 0 saturated carbocycles. The van der Waals surface area contributed by atoms with Crippen molar-refractivity contribution in [2.24, 2.45) is 0 Å². The number of hydrogen-bond donors (Lipinski definition) is 1. The predicted molar refractivity (Wildman–Crippen MR) is 148 cm³/mol. The molecule has 0 aliphatic heterocycles. The average Bonchev–Trinajstić information content (AvgIpc) is 3.32. The number of nitrogens with zero attached hydrogens (tertiary/aromatic N) is 3. The summed E-state index contributed by atoms with van der Waals surface area (Å²) in [7, 11) is -3.30. The number of halogens is 3. The smallest absolute Gasteiger partial charge is 0.272 e. The summed E-state index contributed by atoms with van der Waals surface area (Å²) in [5.41, 5.74) is 0.0161. The Labute approximate surface area is 233 Å². The van der Waals surface area contributed by atoms with Gasteiger partial charge in [-0.2, -0.15) is 0 Å². The summed E-state index contributed by atoms with van der Waals surface area (Å²) in [6.45, 7) is 4.12. The zero-order valence-electron chi connectivity index (χ0n) is 21.6. The Morgan fingerprint density at radius 1 is 1.02 bits per heavy atom. The molecule has 2 heterocycles. The molecule has 0 fully saturated rings. The van der Waals surface area contributed by atoms with Gasteiger partial charge < -0.3 is 9.84 Å². The highest BCUT2D eigenvalue weighted by atomic mass is 35.5. The number of fused-ring (bicyclic) bond motifs is 1. The van der Waals surface area contributed by atoms with Crippen LogP contribution in [0.2, 0.25) is 5.02 Å². The number of methoxy groups -OCH3 is 1. The van der Waals surface area contributed by atoms with Gasteiger partial charge in [0.05, 0.1) is 36.8 Å². The van der Waals surface area contributed by atoms with Gasteiger partial charge >= 0.3 is 0 Å². The Morgan fingerprint density at radius 3 is 2.40 bits per heavy atom. The highest BCUT2D eigenvalue weighted by molar-refractivity contribution is 7.90. The van der Waals surface area contributed by atoms with E-state index in [1.165, 1.54) is 48.5 Å². The third-order valence-electron chi connectivity index (χ3n) is 5.92. The zero-order valence-corrected chi connectivity index (χ0v) is 23.2. The predicted octanol–water partition coefficient (Wildman–Crippen LogP) is 5.82. The van der Waals surface area contributed by atoms with Gasteiger partial charge in [-0.25, -0.2) is 26.2 Å². The molecular weight excluding hydrogens is 564 g/mol. The van der Waals surface area contributed by atoms with Gasteiger partial charge in [0, 0.05) is 22.7 Å². The minimum atomic E-state index is -4.83. The fraction of sp³-hybridized carbons (Fsp3) is 0.143. The monoisotopic (exact) mass is 587 g/mol. The van der Waals surface area contributed by atoms with Gasteiger partial charge in [0.2, 0.25) is 0 Å². The molecule has 3 aromatic carbocycles. The van der Waals surface area contributed by atoms with Crippen LogP contribution >= 0.6 is 11.6 Å². The molecule has 2 aromatic heterocycles. The van der Waals surface area contributed by atoms with Crippen LogP contribution in [-0.4, -0.2) is 34.2 Å². The minimum Gasteiger partial charge on any atom is -0.504 e. The van der Waals surface area contributed by atoms with Crippen molar-refractivity contribution in [3.8, 4) is 22.8 Å². The molecule has 8 nitrogen and oxygen atoms in total. The highest BCUT2D eigenvalue weighted by Crippen LogP contribution is 2.36. The van der Waals surface area contributed by atoms with E-state index in [0.29, 0.717) is 28.3 Å². The molecular formula is C28H24ClF2N3O5S. The molecule has 0 saturated heterocycles. The Hall–Kier alpha value is -4.22. The molecule has 0 atom stereocenters. The summed E-state index contributed by atoms with van der Waals surface area (Å²) in [6, 6.07) is 13.6. The third kappa shape index (κ3) is 5.30. The molecule has 0 spiro atoms. The van der Waals surface area contributed by atoms with Gasteiger partial charge in [-0.1, -0.05) is 37.6 Å². The van der Waals surface area contributed by atoms with Crippen molar-refractivity contribution in [3.05, 3.63) is 106 Å². The van der Waals surface area contributed by atoms with E-state index in [9.17, 15) is 27.1 Å². The largest absolute Gasteiger partial charge is 0.504 e. The first kappa shape index (κ1) is 28.8. The lowest BCUT2D eigenvalue weighted by Gasteiger charge is -2.14.